The molecule has 15 heavy (non-hydrogen) atoms. The molecule has 2 rings (SSSR count). The van der Waals surface area contributed by atoms with Gasteiger partial charge in [-0.3, -0.25) is 0 Å². The first-order valence-corrected chi connectivity index (χ1v) is 5.14. The van der Waals surface area contributed by atoms with Gasteiger partial charge in [0.15, 0.2) is 0 Å². The summed E-state index contributed by atoms with van der Waals surface area (Å²) >= 11 is 0. The number of aromatic nitrogens is 1. The van der Waals surface area contributed by atoms with Crippen molar-refractivity contribution in [3.05, 3.63) is 36.5 Å². The first kappa shape index (κ1) is 10.2. The van der Waals surface area contributed by atoms with E-state index < -0.39 is 6.10 Å². The third-order valence-corrected chi connectivity index (χ3v) is 2.55. The molecule has 2 aromatic rings. The molecule has 3 nitrogen and oxygen atoms in total. The molecule has 0 aliphatic heterocycles. The summed E-state index contributed by atoms with van der Waals surface area (Å²) in [5.41, 5.74) is 1.12. The van der Waals surface area contributed by atoms with Gasteiger partial charge in [0.25, 0.3) is 0 Å². The van der Waals surface area contributed by atoms with Crippen LogP contribution in [0.15, 0.2) is 36.5 Å². The Morgan fingerprint density at radius 3 is 2.80 bits per heavy atom. The summed E-state index contributed by atoms with van der Waals surface area (Å²) in [5, 5.41) is 19.5. The highest BCUT2D eigenvalue weighted by atomic mass is 16.3. The molecular weight excluding hydrogens is 190 g/mol. The number of nitrogens with zero attached hydrogens (tertiary/aromatic N) is 1. The fraction of sp³-hybridized carbons (Fsp3) is 0.333. The zero-order chi connectivity index (χ0) is 10.7. The number of para-hydroxylation sites is 1. The largest absolute Gasteiger partial charge is 0.396 e. The van der Waals surface area contributed by atoms with Crippen LogP contribution in [0, 0.1) is 0 Å². The molecule has 1 aromatic carbocycles. The monoisotopic (exact) mass is 205 g/mol. The van der Waals surface area contributed by atoms with Gasteiger partial charge in [0.2, 0.25) is 0 Å². The van der Waals surface area contributed by atoms with Crippen molar-refractivity contribution in [2.75, 3.05) is 6.61 Å². The minimum Gasteiger partial charge on any atom is -0.396 e. The lowest BCUT2D eigenvalue weighted by Crippen LogP contribution is -2.16. The Morgan fingerprint density at radius 2 is 2.00 bits per heavy atom. The Morgan fingerprint density at radius 1 is 1.20 bits per heavy atom. The van der Waals surface area contributed by atoms with E-state index in [1.807, 2.05) is 41.1 Å². The summed E-state index contributed by atoms with van der Waals surface area (Å²) in [6, 6.07) is 10.1. The molecule has 1 atom stereocenters. The standard InChI is InChI=1S/C12H15NO2/c14-8-6-11(15)9-13-7-5-10-3-1-2-4-12(10)13/h1-5,7,11,14-15H,6,8-9H2. The van der Waals surface area contributed by atoms with E-state index in [-0.39, 0.29) is 6.61 Å². The van der Waals surface area contributed by atoms with Crippen LogP contribution in [0.1, 0.15) is 6.42 Å². The molecule has 0 saturated heterocycles. The van der Waals surface area contributed by atoms with E-state index in [1.54, 1.807) is 0 Å². The predicted molar refractivity (Wildman–Crippen MR) is 59.6 cm³/mol. The van der Waals surface area contributed by atoms with Gasteiger partial charge in [0, 0.05) is 24.9 Å². The lowest BCUT2D eigenvalue weighted by Gasteiger charge is -2.11. The second-order valence-corrected chi connectivity index (χ2v) is 3.69. The van der Waals surface area contributed by atoms with Crippen molar-refractivity contribution < 1.29 is 10.2 Å². The minimum atomic E-state index is -0.481. The Hall–Kier alpha value is -1.32. The Bertz CT molecular complexity index is 436. The zero-order valence-corrected chi connectivity index (χ0v) is 8.50. The molecule has 0 fully saturated rings. The van der Waals surface area contributed by atoms with Gasteiger partial charge >= 0.3 is 0 Å². The zero-order valence-electron chi connectivity index (χ0n) is 8.50. The van der Waals surface area contributed by atoms with E-state index in [9.17, 15) is 5.11 Å². The summed E-state index contributed by atoms with van der Waals surface area (Å²) in [6.07, 6.45) is 1.91. The van der Waals surface area contributed by atoms with E-state index in [1.165, 1.54) is 5.39 Å². The normalized spacial score (nSPS) is 13.2. The highest BCUT2D eigenvalue weighted by Gasteiger charge is 2.06. The molecule has 80 valence electrons. The van der Waals surface area contributed by atoms with Crippen molar-refractivity contribution in [3.8, 4) is 0 Å². The molecule has 0 radical (unpaired) electrons. The number of fused-ring (bicyclic) bond motifs is 1. The molecule has 1 unspecified atom stereocenters. The maximum absolute atomic E-state index is 9.60. The maximum atomic E-state index is 9.60. The number of hydrogen-bond acceptors (Lipinski definition) is 2. The van der Waals surface area contributed by atoms with E-state index in [2.05, 4.69) is 0 Å². The minimum absolute atomic E-state index is 0.0281. The van der Waals surface area contributed by atoms with Crippen LogP contribution in [0.5, 0.6) is 0 Å². The first-order chi connectivity index (χ1) is 7.31. The molecular formula is C12H15NO2. The fourth-order valence-electron chi connectivity index (χ4n) is 1.77. The number of aliphatic hydroxyl groups excluding tert-OH is 2. The van der Waals surface area contributed by atoms with Gasteiger partial charge in [-0.05, 0) is 23.9 Å². The van der Waals surface area contributed by atoms with E-state index in [0.717, 1.165) is 5.52 Å². The topological polar surface area (TPSA) is 45.4 Å². The lowest BCUT2D eigenvalue weighted by atomic mass is 10.2. The van der Waals surface area contributed by atoms with Crippen LogP contribution < -0.4 is 0 Å². The van der Waals surface area contributed by atoms with Crippen LogP contribution in [0.25, 0.3) is 10.9 Å². The predicted octanol–water partition coefficient (Wildman–Crippen LogP) is 1.38. The van der Waals surface area contributed by atoms with Gasteiger partial charge in [-0.1, -0.05) is 18.2 Å². The molecule has 0 aliphatic carbocycles. The number of aliphatic hydroxyl groups is 2. The van der Waals surface area contributed by atoms with Crippen molar-refractivity contribution in [2.45, 2.75) is 19.1 Å². The summed E-state index contributed by atoms with van der Waals surface area (Å²) in [6.45, 7) is 0.564. The number of hydrogen-bond donors (Lipinski definition) is 2. The highest BCUT2D eigenvalue weighted by molar-refractivity contribution is 5.79. The SMILES string of the molecule is OCCC(O)Cn1ccc2ccccc21. The van der Waals surface area contributed by atoms with Crippen molar-refractivity contribution in [1.82, 2.24) is 4.57 Å². The highest BCUT2D eigenvalue weighted by Crippen LogP contribution is 2.15. The van der Waals surface area contributed by atoms with Crippen LogP contribution >= 0.6 is 0 Å². The Kier molecular flexibility index (Phi) is 3.04. The summed E-state index contributed by atoms with van der Waals surface area (Å²) in [5.74, 6) is 0. The third-order valence-electron chi connectivity index (χ3n) is 2.55. The van der Waals surface area contributed by atoms with E-state index in [4.69, 9.17) is 5.11 Å². The second-order valence-electron chi connectivity index (χ2n) is 3.69. The Labute approximate surface area is 88.6 Å². The fourth-order valence-corrected chi connectivity index (χ4v) is 1.77. The van der Waals surface area contributed by atoms with Crippen molar-refractivity contribution in [1.29, 1.82) is 0 Å². The van der Waals surface area contributed by atoms with Crippen LogP contribution in [0.4, 0.5) is 0 Å². The molecule has 3 heteroatoms. The van der Waals surface area contributed by atoms with Gasteiger partial charge in [0.1, 0.15) is 0 Å². The smallest absolute Gasteiger partial charge is 0.0741 e. The van der Waals surface area contributed by atoms with E-state index >= 15 is 0 Å². The number of benzene rings is 1. The molecule has 0 saturated carbocycles. The average molecular weight is 205 g/mol. The Balaban J connectivity index is 2.21. The molecule has 0 spiro atoms. The molecule has 0 amide bonds. The van der Waals surface area contributed by atoms with Gasteiger partial charge in [-0.15, -0.1) is 0 Å². The molecule has 1 aromatic heterocycles. The maximum Gasteiger partial charge on any atom is 0.0741 e. The van der Waals surface area contributed by atoms with Gasteiger partial charge in [-0.2, -0.15) is 0 Å². The van der Waals surface area contributed by atoms with E-state index in [0.29, 0.717) is 13.0 Å². The second kappa shape index (κ2) is 4.47. The van der Waals surface area contributed by atoms with Crippen LogP contribution in [-0.2, 0) is 6.54 Å². The average Bonchev–Trinajstić information content (AvgIpc) is 2.62. The summed E-state index contributed by atoms with van der Waals surface area (Å²) < 4.78 is 2.01. The first-order valence-electron chi connectivity index (χ1n) is 5.14. The summed E-state index contributed by atoms with van der Waals surface area (Å²) in [7, 11) is 0. The number of rotatable bonds is 4. The van der Waals surface area contributed by atoms with Crippen molar-refractivity contribution in [2.24, 2.45) is 0 Å². The van der Waals surface area contributed by atoms with Crippen molar-refractivity contribution >= 4 is 10.9 Å². The third kappa shape index (κ3) is 2.19. The van der Waals surface area contributed by atoms with Crippen LogP contribution in [0.2, 0.25) is 0 Å². The summed E-state index contributed by atoms with van der Waals surface area (Å²) in [4.78, 5) is 0. The van der Waals surface area contributed by atoms with Gasteiger partial charge < -0.3 is 14.8 Å². The molecule has 0 bridgehead atoms. The lowest BCUT2D eigenvalue weighted by molar-refractivity contribution is 0.118. The quantitative estimate of drug-likeness (QED) is 0.792. The van der Waals surface area contributed by atoms with Gasteiger partial charge in [-0.25, -0.2) is 0 Å². The molecule has 1 heterocycles. The van der Waals surface area contributed by atoms with Gasteiger partial charge in [0.05, 0.1) is 6.10 Å². The van der Waals surface area contributed by atoms with Crippen LogP contribution in [-0.4, -0.2) is 27.5 Å². The van der Waals surface area contributed by atoms with Crippen molar-refractivity contribution in [3.63, 3.8) is 0 Å². The van der Waals surface area contributed by atoms with Crippen LogP contribution in [0.3, 0.4) is 0 Å². The molecule has 2 N–H and O–H groups in total. The molecule has 0 aliphatic rings.